The Labute approximate surface area is 176 Å². The molecule has 0 fully saturated rings. The van der Waals surface area contributed by atoms with Crippen molar-refractivity contribution in [3.05, 3.63) is 53.7 Å². The second-order valence-electron chi connectivity index (χ2n) is 7.17. The summed E-state index contributed by atoms with van der Waals surface area (Å²) in [6.45, 7) is 2.60. The lowest BCUT2D eigenvalue weighted by molar-refractivity contribution is -0.137. The van der Waals surface area contributed by atoms with Gasteiger partial charge < -0.3 is 4.90 Å². The minimum Gasteiger partial charge on any atom is -0.326 e. The number of unbranched alkanes of at least 4 members (excludes halogenated alkanes) is 6. The molecular formula is C24H27F3N2O. The fourth-order valence-electron chi connectivity index (χ4n) is 3.30. The van der Waals surface area contributed by atoms with Crippen molar-refractivity contribution in [3.8, 4) is 12.3 Å². The molecule has 2 aromatic rings. The quantitative estimate of drug-likeness (QED) is 0.175. The number of Topliss-reactive ketones (excluding diaryl/α,β-unsaturated/α-hetero) is 1. The van der Waals surface area contributed by atoms with Crippen molar-refractivity contribution >= 4 is 17.3 Å². The molecule has 30 heavy (non-hydrogen) atoms. The Hall–Kier alpha value is -2.81. The molecule has 0 spiro atoms. The summed E-state index contributed by atoms with van der Waals surface area (Å²) < 4.78 is 39.7. The molecule has 0 amide bonds. The van der Waals surface area contributed by atoms with E-state index in [9.17, 15) is 18.0 Å². The number of ketones is 1. The summed E-state index contributed by atoms with van der Waals surface area (Å²) in [7, 11) is 0. The zero-order valence-corrected chi connectivity index (χ0v) is 17.2. The highest BCUT2D eigenvalue weighted by Gasteiger charge is 2.31. The van der Waals surface area contributed by atoms with Gasteiger partial charge in [-0.2, -0.15) is 13.2 Å². The zero-order valence-electron chi connectivity index (χ0n) is 17.2. The van der Waals surface area contributed by atoms with Gasteiger partial charge in [0.2, 0.25) is 5.78 Å². The summed E-state index contributed by atoms with van der Waals surface area (Å²) in [4.78, 5) is 18.1. The number of aromatic nitrogens is 1. The first-order valence-electron chi connectivity index (χ1n) is 10.3. The van der Waals surface area contributed by atoms with Gasteiger partial charge in [0, 0.05) is 18.4 Å². The summed E-state index contributed by atoms with van der Waals surface area (Å²) in [6, 6.07) is 8.21. The Morgan fingerprint density at radius 1 is 1.07 bits per heavy atom. The molecule has 2 rings (SSSR count). The number of hydrogen-bond acceptors (Lipinski definition) is 3. The molecule has 0 atom stereocenters. The van der Waals surface area contributed by atoms with Crippen molar-refractivity contribution in [2.75, 3.05) is 11.4 Å². The Kier molecular flexibility index (Phi) is 8.91. The zero-order chi connectivity index (χ0) is 22.0. The van der Waals surface area contributed by atoms with Crippen molar-refractivity contribution < 1.29 is 18.0 Å². The van der Waals surface area contributed by atoms with Crippen molar-refractivity contribution in [2.24, 2.45) is 0 Å². The summed E-state index contributed by atoms with van der Waals surface area (Å²) >= 11 is 0. The number of carbonyl (C=O) groups is 1. The Bertz CT molecular complexity index is 871. The van der Waals surface area contributed by atoms with E-state index in [1.165, 1.54) is 31.5 Å². The number of nitrogens with zero attached hydrogens (tertiary/aromatic N) is 2. The van der Waals surface area contributed by atoms with Crippen LogP contribution in [0.25, 0.3) is 0 Å². The van der Waals surface area contributed by atoms with Crippen LogP contribution >= 0.6 is 0 Å². The number of rotatable bonds is 11. The summed E-state index contributed by atoms with van der Waals surface area (Å²) in [5.41, 5.74) is -0.203. The van der Waals surface area contributed by atoms with E-state index in [1.54, 1.807) is 23.1 Å². The van der Waals surface area contributed by atoms with E-state index in [-0.39, 0.29) is 11.4 Å². The van der Waals surface area contributed by atoms with Gasteiger partial charge in [-0.15, -0.1) is 6.42 Å². The number of pyridine rings is 1. The number of alkyl halides is 3. The third-order valence-corrected chi connectivity index (χ3v) is 4.89. The standard InChI is InChI=1S/C24H27F3N2O/c1-3-5-6-7-8-9-10-17-29(20-14-11-13-19(18-20)24(25,26)27)23-21(22(30)4-2)15-12-16-28-23/h2,11-16,18H,3,5-10,17H2,1H3. The van der Waals surface area contributed by atoms with E-state index < -0.39 is 17.5 Å². The first kappa shape index (κ1) is 23.5. The normalized spacial score (nSPS) is 11.2. The maximum Gasteiger partial charge on any atom is 0.416 e. The highest BCUT2D eigenvalue weighted by atomic mass is 19.4. The van der Waals surface area contributed by atoms with Gasteiger partial charge in [-0.1, -0.05) is 51.5 Å². The van der Waals surface area contributed by atoms with E-state index in [1.807, 2.05) is 0 Å². The lowest BCUT2D eigenvalue weighted by Crippen LogP contribution is -2.22. The van der Waals surface area contributed by atoms with Gasteiger partial charge in [-0.3, -0.25) is 4.79 Å². The van der Waals surface area contributed by atoms with Crippen LogP contribution in [-0.2, 0) is 6.18 Å². The highest BCUT2D eigenvalue weighted by molar-refractivity contribution is 6.12. The topological polar surface area (TPSA) is 33.2 Å². The minimum atomic E-state index is -4.46. The van der Waals surface area contributed by atoms with Crippen molar-refractivity contribution in [1.82, 2.24) is 4.98 Å². The molecule has 6 heteroatoms. The van der Waals surface area contributed by atoms with Gasteiger partial charge in [0.05, 0.1) is 11.1 Å². The first-order valence-corrected chi connectivity index (χ1v) is 10.3. The lowest BCUT2D eigenvalue weighted by atomic mass is 10.1. The molecule has 0 aliphatic carbocycles. The third kappa shape index (κ3) is 6.62. The number of benzene rings is 1. The fourth-order valence-corrected chi connectivity index (χ4v) is 3.30. The van der Waals surface area contributed by atoms with Crippen LogP contribution in [0, 0.1) is 12.3 Å². The molecule has 1 aromatic heterocycles. The van der Waals surface area contributed by atoms with E-state index in [0.29, 0.717) is 12.2 Å². The smallest absolute Gasteiger partial charge is 0.326 e. The van der Waals surface area contributed by atoms with Crippen LogP contribution < -0.4 is 4.90 Å². The molecule has 0 saturated carbocycles. The van der Waals surface area contributed by atoms with Gasteiger partial charge in [0.25, 0.3) is 0 Å². The van der Waals surface area contributed by atoms with Gasteiger partial charge in [-0.25, -0.2) is 4.98 Å². The summed E-state index contributed by atoms with van der Waals surface area (Å²) in [6.07, 6.45) is 9.83. The average Bonchev–Trinajstić information content (AvgIpc) is 2.75. The largest absolute Gasteiger partial charge is 0.416 e. The fraction of sp³-hybridized carbons (Fsp3) is 0.417. The molecule has 0 radical (unpaired) electrons. The van der Waals surface area contributed by atoms with E-state index in [0.717, 1.165) is 37.8 Å². The maximum atomic E-state index is 13.2. The van der Waals surface area contributed by atoms with Crippen molar-refractivity contribution in [1.29, 1.82) is 0 Å². The Morgan fingerprint density at radius 2 is 1.77 bits per heavy atom. The number of hydrogen-bond donors (Lipinski definition) is 0. The lowest BCUT2D eigenvalue weighted by Gasteiger charge is -2.26. The second kappa shape index (κ2) is 11.4. The van der Waals surface area contributed by atoms with Crippen LogP contribution in [0.1, 0.15) is 67.8 Å². The molecular weight excluding hydrogens is 389 g/mol. The molecule has 0 saturated heterocycles. The number of terminal acetylenes is 1. The first-order chi connectivity index (χ1) is 14.4. The molecule has 0 aliphatic rings. The van der Waals surface area contributed by atoms with Gasteiger partial charge in [0.1, 0.15) is 5.82 Å². The van der Waals surface area contributed by atoms with E-state index >= 15 is 0 Å². The molecule has 3 nitrogen and oxygen atoms in total. The van der Waals surface area contributed by atoms with Gasteiger partial charge in [0.15, 0.2) is 0 Å². The molecule has 0 N–H and O–H groups in total. The van der Waals surface area contributed by atoms with Crippen LogP contribution in [0.3, 0.4) is 0 Å². The Balaban J connectivity index is 2.29. The third-order valence-electron chi connectivity index (χ3n) is 4.89. The number of halogens is 3. The second-order valence-corrected chi connectivity index (χ2v) is 7.17. The molecule has 1 aromatic carbocycles. The van der Waals surface area contributed by atoms with Crippen LogP contribution in [0.4, 0.5) is 24.7 Å². The molecule has 0 bridgehead atoms. The monoisotopic (exact) mass is 416 g/mol. The van der Waals surface area contributed by atoms with Crippen LogP contribution in [-0.4, -0.2) is 17.3 Å². The van der Waals surface area contributed by atoms with E-state index in [2.05, 4.69) is 17.8 Å². The highest BCUT2D eigenvalue weighted by Crippen LogP contribution is 2.34. The van der Waals surface area contributed by atoms with Crippen LogP contribution in [0.15, 0.2) is 42.6 Å². The molecule has 0 unspecified atom stereocenters. The SMILES string of the molecule is C#CC(=O)c1cccnc1N(CCCCCCCCC)c1cccc(C(F)(F)F)c1. The van der Waals surface area contributed by atoms with Gasteiger partial charge in [-0.05, 0) is 42.7 Å². The summed E-state index contributed by atoms with van der Waals surface area (Å²) in [5.74, 6) is 1.81. The number of carbonyl (C=O) groups excluding carboxylic acids is 1. The number of anilines is 2. The van der Waals surface area contributed by atoms with E-state index in [4.69, 9.17) is 6.42 Å². The maximum absolute atomic E-state index is 13.2. The van der Waals surface area contributed by atoms with Gasteiger partial charge >= 0.3 is 6.18 Å². The average molecular weight is 416 g/mol. The van der Waals surface area contributed by atoms with Crippen molar-refractivity contribution in [3.63, 3.8) is 0 Å². The van der Waals surface area contributed by atoms with Crippen molar-refractivity contribution in [2.45, 2.75) is 58.0 Å². The minimum absolute atomic E-state index is 0.209. The molecule has 160 valence electrons. The predicted octanol–water partition coefficient (Wildman–Crippen LogP) is 6.81. The predicted molar refractivity (Wildman–Crippen MR) is 114 cm³/mol. The molecule has 0 aliphatic heterocycles. The summed E-state index contributed by atoms with van der Waals surface area (Å²) in [5, 5.41) is 0. The van der Waals surface area contributed by atoms with Crippen LogP contribution in [0.2, 0.25) is 0 Å². The molecule has 1 heterocycles. The Morgan fingerprint density at radius 3 is 2.43 bits per heavy atom. The van der Waals surface area contributed by atoms with Crippen LogP contribution in [0.5, 0.6) is 0 Å².